The second-order valence-electron chi connectivity index (χ2n) is 6.16. The minimum Gasteiger partial charge on any atom is -0.390 e. The summed E-state index contributed by atoms with van der Waals surface area (Å²) in [5.41, 5.74) is 8.36. The number of rotatable bonds is 2. The van der Waals surface area contributed by atoms with E-state index in [0.29, 0.717) is 12.5 Å². The highest BCUT2D eigenvalue weighted by molar-refractivity contribution is 7.19. The summed E-state index contributed by atoms with van der Waals surface area (Å²) < 4.78 is 1.13. The van der Waals surface area contributed by atoms with Crippen LogP contribution in [0.5, 0.6) is 0 Å². The molecular formula is C15H21N5OS. The first kappa shape index (κ1) is 14.2. The molecular weight excluding hydrogens is 298 g/mol. The summed E-state index contributed by atoms with van der Waals surface area (Å²) >= 11 is 1.81. The van der Waals surface area contributed by atoms with Gasteiger partial charge in [-0.3, -0.25) is 0 Å². The van der Waals surface area contributed by atoms with Crippen molar-refractivity contribution in [1.29, 1.82) is 0 Å². The number of nitrogens with one attached hydrogen (secondary N) is 1. The number of hydrogen-bond acceptors (Lipinski definition) is 7. The van der Waals surface area contributed by atoms with Crippen molar-refractivity contribution in [3.63, 3.8) is 0 Å². The minimum atomic E-state index is -0.383. The Labute approximate surface area is 133 Å². The molecule has 3 heterocycles. The van der Waals surface area contributed by atoms with Crippen LogP contribution in [0.15, 0.2) is 0 Å². The van der Waals surface area contributed by atoms with Crippen molar-refractivity contribution in [1.82, 2.24) is 15.3 Å². The lowest BCUT2D eigenvalue weighted by Crippen LogP contribution is -2.36. The van der Waals surface area contributed by atoms with Gasteiger partial charge in [0.25, 0.3) is 0 Å². The van der Waals surface area contributed by atoms with E-state index in [1.807, 2.05) is 18.4 Å². The van der Waals surface area contributed by atoms with Crippen molar-refractivity contribution in [3.8, 4) is 0 Å². The summed E-state index contributed by atoms with van der Waals surface area (Å²) in [6, 6.07) is 0.0702. The first-order chi connectivity index (χ1) is 10.7. The number of nitrogens with zero attached hydrogens (tertiary/aromatic N) is 3. The van der Waals surface area contributed by atoms with Gasteiger partial charge in [0, 0.05) is 18.0 Å². The number of aromatic nitrogens is 2. The predicted octanol–water partition coefficient (Wildman–Crippen LogP) is 0.921. The Hall–Kier alpha value is -1.44. The maximum Gasteiger partial charge on any atom is 0.222 e. The van der Waals surface area contributed by atoms with Gasteiger partial charge in [0.2, 0.25) is 5.95 Å². The van der Waals surface area contributed by atoms with E-state index < -0.39 is 0 Å². The van der Waals surface area contributed by atoms with E-state index in [1.54, 1.807) is 0 Å². The first-order valence-electron chi connectivity index (χ1n) is 7.85. The molecule has 1 fully saturated rings. The van der Waals surface area contributed by atoms with Crippen molar-refractivity contribution < 1.29 is 5.11 Å². The average Bonchev–Trinajstić information content (AvgIpc) is 3.07. The van der Waals surface area contributed by atoms with Crippen LogP contribution in [0.2, 0.25) is 0 Å². The zero-order valence-corrected chi connectivity index (χ0v) is 13.5. The number of hydrogen-bond donors (Lipinski definition) is 3. The van der Waals surface area contributed by atoms with E-state index in [9.17, 15) is 5.11 Å². The van der Waals surface area contributed by atoms with Gasteiger partial charge in [0.1, 0.15) is 0 Å². The van der Waals surface area contributed by atoms with Crippen LogP contribution in [0.1, 0.15) is 23.3 Å². The number of aryl methyl sites for hydroxylation is 2. The van der Waals surface area contributed by atoms with E-state index in [1.165, 1.54) is 23.3 Å². The number of anilines is 2. The van der Waals surface area contributed by atoms with Gasteiger partial charge in [-0.15, -0.1) is 11.3 Å². The third kappa shape index (κ3) is 2.15. The molecule has 22 heavy (non-hydrogen) atoms. The lowest BCUT2D eigenvalue weighted by Gasteiger charge is -2.18. The molecule has 0 radical (unpaired) electrons. The van der Waals surface area contributed by atoms with Gasteiger partial charge >= 0.3 is 0 Å². The zero-order valence-electron chi connectivity index (χ0n) is 12.7. The summed E-state index contributed by atoms with van der Waals surface area (Å²) in [5, 5.41) is 13.3. The normalized spacial score (nSPS) is 24.9. The smallest absolute Gasteiger partial charge is 0.222 e. The molecule has 2 aliphatic rings. The number of β-amino-alcohol motifs (C(OH)–C–C–N with tert-alkyl or cyclic N) is 1. The number of nitrogen functional groups attached to an aromatic ring is 1. The molecule has 1 aliphatic heterocycles. The molecule has 0 amide bonds. The third-order valence-electron chi connectivity index (χ3n) is 4.75. The molecule has 0 aromatic carbocycles. The van der Waals surface area contributed by atoms with Gasteiger partial charge in [0.05, 0.1) is 22.4 Å². The summed E-state index contributed by atoms with van der Waals surface area (Å²) in [6.07, 6.45) is 4.32. The van der Waals surface area contributed by atoms with Crippen LogP contribution in [0.3, 0.4) is 0 Å². The second-order valence-corrected chi connectivity index (χ2v) is 7.27. The maximum absolute atomic E-state index is 10.1. The van der Waals surface area contributed by atoms with Crippen molar-refractivity contribution in [2.24, 2.45) is 0 Å². The van der Waals surface area contributed by atoms with Crippen molar-refractivity contribution in [2.75, 3.05) is 30.8 Å². The van der Waals surface area contributed by atoms with Gasteiger partial charge in [-0.25, -0.2) is 4.98 Å². The molecule has 6 nitrogen and oxygen atoms in total. The fraction of sp³-hybridized carbons (Fsp3) is 0.600. The zero-order chi connectivity index (χ0) is 15.3. The number of aliphatic hydroxyl groups excluding tert-OH is 1. The van der Waals surface area contributed by atoms with Gasteiger partial charge < -0.3 is 21.1 Å². The van der Waals surface area contributed by atoms with Crippen molar-refractivity contribution >= 4 is 33.3 Å². The van der Waals surface area contributed by atoms with Crippen LogP contribution in [0.25, 0.3) is 10.2 Å². The Morgan fingerprint density at radius 2 is 2.09 bits per heavy atom. The molecule has 2 aromatic rings. The monoisotopic (exact) mass is 319 g/mol. The fourth-order valence-electron chi connectivity index (χ4n) is 3.58. The highest BCUT2D eigenvalue weighted by Crippen LogP contribution is 2.40. The molecule has 7 heteroatoms. The van der Waals surface area contributed by atoms with Crippen LogP contribution < -0.4 is 16.0 Å². The van der Waals surface area contributed by atoms with E-state index >= 15 is 0 Å². The van der Waals surface area contributed by atoms with E-state index in [2.05, 4.69) is 20.2 Å². The molecule has 0 spiro atoms. The molecule has 1 aliphatic carbocycles. The van der Waals surface area contributed by atoms with Crippen LogP contribution in [0.4, 0.5) is 11.8 Å². The van der Waals surface area contributed by atoms with Crippen molar-refractivity contribution in [2.45, 2.75) is 37.8 Å². The number of nitrogens with two attached hydrogens (primary N) is 1. The Kier molecular flexibility index (Phi) is 3.43. The standard InChI is InChI=1S/C15H21N5OS/c1-17-9-6-20(7-10(9)21)14-13-12(18-15(16)19-14)8-4-2-3-5-11(8)22-13/h9-10,17,21H,2-7H2,1H3,(H2,16,18,19)/t9-,10-/m1/s1. The van der Waals surface area contributed by atoms with Gasteiger partial charge in [-0.1, -0.05) is 0 Å². The average molecular weight is 319 g/mol. The third-order valence-corrected chi connectivity index (χ3v) is 6.03. The summed E-state index contributed by atoms with van der Waals surface area (Å²) in [7, 11) is 1.88. The molecule has 2 atom stereocenters. The highest BCUT2D eigenvalue weighted by Gasteiger charge is 2.33. The van der Waals surface area contributed by atoms with Crippen LogP contribution in [-0.4, -0.2) is 47.4 Å². The Balaban J connectivity index is 1.82. The van der Waals surface area contributed by atoms with Crippen LogP contribution in [0, 0.1) is 0 Å². The molecule has 0 unspecified atom stereocenters. The lowest BCUT2D eigenvalue weighted by atomic mass is 9.98. The molecule has 118 valence electrons. The van der Waals surface area contributed by atoms with Crippen LogP contribution >= 0.6 is 11.3 Å². The maximum atomic E-state index is 10.1. The second kappa shape index (κ2) is 5.33. The lowest BCUT2D eigenvalue weighted by molar-refractivity contribution is 0.168. The molecule has 4 rings (SSSR count). The van der Waals surface area contributed by atoms with E-state index in [-0.39, 0.29) is 12.1 Å². The summed E-state index contributed by atoms with van der Waals surface area (Å²) in [4.78, 5) is 12.6. The number of aliphatic hydroxyl groups is 1. The number of thiophene rings is 1. The number of fused-ring (bicyclic) bond motifs is 3. The van der Waals surface area contributed by atoms with E-state index in [0.717, 1.165) is 35.4 Å². The topological polar surface area (TPSA) is 87.3 Å². The largest absolute Gasteiger partial charge is 0.390 e. The molecule has 0 saturated carbocycles. The summed E-state index contributed by atoms with van der Waals surface area (Å²) in [6.45, 7) is 1.32. The summed E-state index contributed by atoms with van der Waals surface area (Å²) in [5.74, 6) is 1.22. The molecule has 4 N–H and O–H groups in total. The van der Waals surface area contributed by atoms with Gasteiger partial charge in [-0.05, 0) is 38.3 Å². The van der Waals surface area contributed by atoms with Gasteiger partial charge in [-0.2, -0.15) is 4.98 Å². The Bertz CT molecular complexity index is 716. The SMILES string of the molecule is CN[C@@H]1CN(c2nc(N)nc3c4c(sc23)CCCC4)C[C@H]1O. The molecule has 0 bridgehead atoms. The molecule has 1 saturated heterocycles. The minimum absolute atomic E-state index is 0.0702. The van der Waals surface area contributed by atoms with Crippen molar-refractivity contribution in [3.05, 3.63) is 10.4 Å². The first-order valence-corrected chi connectivity index (χ1v) is 8.67. The fourth-order valence-corrected chi connectivity index (χ4v) is 4.92. The van der Waals surface area contributed by atoms with Gasteiger partial charge in [0.15, 0.2) is 5.82 Å². The highest BCUT2D eigenvalue weighted by atomic mass is 32.1. The number of likely N-dealkylation sites (N-methyl/N-ethyl adjacent to an activating group) is 1. The molecule has 2 aromatic heterocycles. The quantitative estimate of drug-likeness (QED) is 0.763. The Morgan fingerprint density at radius 3 is 2.86 bits per heavy atom. The Morgan fingerprint density at radius 1 is 1.27 bits per heavy atom. The predicted molar refractivity (Wildman–Crippen MR) is 89.5 cm³/mol. The van der Waals surface area contributed by atoms with E-state index in [4.69, 9.17) is 5.73 Å². The van der Waals surface area contributed by atoms with Crippen LogP contribution in [-0.2, 0) is 12.8 Å².